The highest BCUT2D eigenvalue weighted by Gasteiger charge is 2.24. The van der Waals surface area contributed by atoms with E-state index in [1.54, 1.807) is 18.9 Å². The molecule has 1 N–H and O–H groups in total. The van der Waals surface area contributed by atoms with E-state index in [2.05, 4.69) is 5.32 Å². The molecule has 3 nitrogen and oxygen atoms in total. The van der Waals surface area contributed by atoms with Gasteiger partial charge in [0.15, 0.2) is 0 Å². The van der Waals surface area contributed by atoms with Crippen LogP contribution in [0.2, 0.25) is 0 Å². The number of rotatable bonds is 2. The Balaban J connectivity index is 2.23. The second kappa shape index (κ2) is 4.57. The van der Waals surface area contributed by atoms with Gasteiger partial charge in [-0.15, -0.1) is 11.8 Å². The number of ether oxygens (including phenoxy) is 1. The van der Waals surface area contributed by atoms with Crippen LogP contribution in [0.1, 0.15) is 10.8 Å². The van der Waals surface area contributed by atoms with Gasteiger partial charge in [0, 0.05) is 12.3 Å². The van der Waals surface area contributed by atoms with Gasteiger partial charge >= 0.3 is 0 Å². The summed E-state index contributed by atoms with van der Waals surface area (Å²) in [6.07, 6.45) is 0. The van der Waals surface area contributed by atoms with Crippen molar-refractivity contribution in [2.24, 2.45) is 0 Å². The average Bonchev–Trinajstić information content (AvgIpc) is 2.30. The fraction of sp³-hybridized carbons (Fsp3) is 0.364. The lowest BCUT2D eigenvalue weighted by molar-refractivity contribution is -0.120. The summed E-state index contributed by atoms with van der Waals surface area (Å²) in [5, 5.41) is 2.78. The Hall–Kier alpha value is -1.16. The zero-order valence-corrected chi connectivity index (χ0v) is 9.34. The van der Waals surface area contributed by atoms with Crippen LogP contribution in [0.5, 0.6) is 5.75 Å². The lowest BCUT2D eigenvalue weighted by Crippen LogP contribution is -2.34. The molecule has 15 heavy (non-hydrogen) atoms. The number of amides is 1. The molecule has 0 spiro atoms. The normalized spacial score (nSPS) is 20.9. The Morgan fingerprint density at radius 2 is 2.40 bits per heavy atom. The van der Waals surface area contributed by atoms with Gasteiger partial charge in [-0.25, -0.2) is 0 Å². The highest BCUT2D eigenvalue weighted by Crippen LogP contribution is 2.32. The number of nitrogens with one attached hydrogen (secondary N) is 1. The summed E-state index contributed by atoms with van der Waals surface area (Å²) in [4.78, 5) is 11.6. The van der Waals surface area contributed by atoms with Gasteiger partial charge in [-0.1, -0.05) is 12.1 Å². The second-order valence-corrected chi connectivity index (χ2v) is 4.53. The molecule has 1 saturated heterocycles. The minimum atomic E-state index is -0.0890. The Morgan fingerprint density at radius 1 is 1.53 bits per heavy atom. The zero-order chi connectivity index (χ0) is 10.7. The third-order valence-electron chi connectivity index (χ3n) is 2.32. The molecule has 1 heterocycles. The van der Waals surface area contributed by atoms with E-state index in [1.165, 1.54) is 0 Å². The molecule has 1 aromatic rings. The summed E-state index contributed by atoms with van der Waals surface area (Å²) in [5.41, 5.74) is 1.01. The topological polar surface area (TPSA) is 38.3 Å². The van der Waals surface area contributed by atoms with Crippen LogP contribution >= 0.6 is 11.8 Å². The Morgan fingerprint density at radius 3 is 3.13 bits per heavy atom. The molecule has 2 rings (SSSR count). The smallest absolute Gasteiger partial charge is 0.237 e. The molecule has 1 aromatic carbocycles. The molecule has 1 atom stereocenters. The first-order valence-electron chi connectivity index (χ1n) is 4.84. The molecule has 1 aliphatic rings. The minimum absolute atomic E-state index is 0.0890. The van der Waals surface area contributed by atoms with Gasteiger partial charge in [-0.3, -0.25) is 4.79 Å². The van der Waals surface area contributed by atoms with Crippen molar-refractivity contribution in [1.82, 2.24) is 5.32 Å². The van der Waals surface area contributed by atoms with E-state index in [0.717, 1.165) is 23.6 Å². The molecule has 4 heteroatoms. The van der Waals surface area contributed by atoms with Gasteiger partial charge < -0.3 is 10.1 Å². The summed E-state index contributed by atoms with van der Waals surface area (Å²) >= 11 is 1.68. The lowest BCUT2D eigenvalue weighted by atomic mass is 10.1. The molecule has 1 unspecified atom stereocenters. The number of thioether (sulfide) groups is 1. The largest absolute Gasteiger partial charge is 0.497 e. The number of carbonyl (C=O) groups excluding carboxylic acids is 1. The summed E-state index contributed by atoms with van der Waals surface area (Å²) in [7, 11) is 1.63. The molecule has 0 bridgehead atoms. The second-order valence-electron chi connectivity index (χ2n) is 3.32. The maximum absolute atomic E-state index is 11.6. The Kier molecular flexibility index (Phi) is 3.16. The molecular weight excluding hydrogens is 210 g/mol. The number of methoxy groups -OCH3 is 1. The monoisotopic (exact) mass is 223 g/mol. The quantitative estimate of drug-likeness (QED) is 0.827. The maximum Gasteiger partial charge on any atom is 0.237 e. The van der Waals surface area contributed by atoms with Crippen LogP contribution in [-0.2, 0) is 4.79 Å². The highest BCUT2D eigenvalue weighted by atomic mass is 32.2. The molecule has 0 radical (unpaired) electrons. The van der Waals surface area contributed by atoms with E-state index >= 15 is 0 Å². The van der Waals surface area contributed by atoms with Crippen molar-refractivity contribution in [3.8, 4) is 5.75 Å². The van der Waals surface area contributed by atoms with Gasteiger partial charge in [0.05, 0.1) is 7.11 Å². The number of carbonyl (C=O) groups is 1. The van der Waals surface area contributed by atoms with Crippen LogP contribution in [0, 0.1) is 0 Å². The molecular formula is C11H13NO2S. The molecule has 0 aliphatic carbocycles. The van der Waals surface area contributed by atoms with E-state index < -0.39 is 0 Å². The molecule has 1 aliphatic heterocycles. The van der Waals surface area contributed by atoms with Crippen LogP contribution in [-0.4, -0.2) is 25.3 Å². The predicted molar refractivity (Wildman–Crippen MR) is 61.2 cm³/mol. The van der Waals surface area contributed by atoms with Crippen molar-refractivity contribution < 1.29 is 9.53 Å². The Bertz CT molecular complexity index is 367. The summed E-state index contributed by atoms with van der Waals surface area (Å²) in [6.45, 7) is 0.768. The first-order valence-corrected chi connectivity index (χ1v) is 5.89. The van der Waals surface area contributed by atoms with Gasteiger partial charge in [-0.2, -0.15) is 0 Å². The summed E-state index contributed by atoms with van der Waals surface area (Å²) < 4.78 is 5.14. The molecule has 0 saturated carbocycles. The van der Waals surface area contributed by atoms with Crippen LogP contribution in [0.15, 0.2) is 24.3 Å². The van der Waals surface area contributed by atoms with E-state index in [1.807, 2.05) is 24.3 Å². The molecule has 0 aromatic heterocycles. The maximum atomic E-state index is 11.6. The zero-order valence-electron chi connectivity index (χ0n) is 8.53. The molecule has 1 fully saturated rings. The van der Waals surface area contributed by atoms with Gasteiger partial charge in [0.1, 0.15) is 11.0 Å². The number of benzene rings is 1. The van der Waals surface area contributed by atoms with E-state index in [0.29, 0.717) is 0 Å². The van der Waals surface area contributed by atoms with Crippen LogP contribution < -0.4 is 10.1 Å². The number of hydrogen-bond acceptors (Lipinski definition) is 3. The SMILES string of the molecule is COc1cccc(C2SCCNC2=O)c1. The molecule has 1 amide bonds. The van der Waals surface area contributed by atoms with E-state index in [-0.39, 0.29) is 11.2 Å². The van der Waals surface area contributed by atoms with Crippen LogP contribution in [0.4, 0.5) is 0 Å². The third-order valence-corrected chi connectivity index (χ3v) is 3.58. The van der Waals surface area contributed by atoms with Gasteiger partial charge in [-0.05, 0) is 17.7 Å². The lowest BCUT2D eigenvalue weighted by Gasteiger charge is -2.21. The van der Waals surface area contributed by atoms with E-state index in [4.69, 9.17) is 4.74 Å². The van der Waals surface area contributed by atoms with Gasteiger partial charge in [0.2, 0.25) is 5.91 Å². The summed E-state index contributed by atoms with van der Waals surface area (Å²) in [5.74, 6) is 1.86. The summed E-state index contributed by atoms with van der Waals surface area (Å²) in [6, 6.07) is 7.68. The van der Waals surface area contributed by atoms with Crippen LogP contribution in [0.25, 0.3) is 0 Å². The van der Waals surface area contributed by atoms with Crippen molar-refractivity contribution in [1.29, 1.82) is 0 Å². The molecule has 80 valence electrons. The first kappa shape index (κ1) is 10.4. The minimum Gasteiger partial charge on any atom is -0.497 e. The van der Waals surface area contributed by atoms with Crippen molar-refractivity contribution in [3.63, 3.8) is 0 Å². The van der Waals surface area contributed by atoms with E-state index in [9.17, 15) is 4.79 Å². The van der Waals surface area contributed by atoms with Gasteiger partial charge in [0.25, 0.3) is 0 Å². The van der Waals surface area contributed by atoms with Crippen molar-refractivity contribution in [2.45, 2.75) is 5.25 Å². The highest BCUT2D eigenvalue weighted by molar-refractivity contribution is 8.00. The van der Waals surface area contributed by atoms with Crippen molar-refractivity contribution >= 4 is 17.7 Å². The predicted octanol–water partition coefficient (Wildman–Crippen LogP) is 1.60. The number of hydrogen-bond donors (Lipinski definition) is 1. The fourth-order valence-corrected chi connectivity index (χ4v) is 2.60. The van der Waals surface area contributed by atoms with Crippen molar-refractivity contribution in [2.75, 3.05) is 19.4 Å². The average molecular weight is 223 g/mol. The Labute approximate surface area is 93.2 Å². The fourth-order valence-electron chi connectivity index (χ4n) is 1.57. The van der Waals surface area contributed by atoms with Crippen LogP contribution in [0.3, 0.4) is 0 Å². The standard InChI is InChI=1S/C11H13NO2S/c1-14-9-4-2-3-8(7-9)10-11(13)12-5-6-15-10/h2-4,7,10H,5-6H2,1H3,(H,12,13). The first-order chi connectivity index (χ1) is 7.31. The van der Waals surface area contributed by atoms with Crippen molar-refractivity contribution in [3.05, 3.63) is 29.8 Å². The third kappa shape index (κ3) is 2.26.